The number of para-hydroxylation sites is 1. The Morgan fingerprint density at radius 2 is 2.11 bits per heavy atom. The molecule has 0 aliphatic heterocycles. The fourth-order valence-electron chi connectivity index (χ4n) is 2.11. The van der Waals surface area contributed by atoms with Crippen molar-refractivity contribution in [1.29, 1.82) is 0 Å². The Morgan fingerprint density at radius 3 is 2.95 bits per heavy atom. The van der Waals surface area contributed by atoms with Gasteiger partial charge in [0.15, 0.2) is 0 Å². The van der Waals surface area contributed by atoms with E-state index >= 15 is 0 Å². The second kappa shape index (κ2) is 5.47. The third kappa shape index (κ3) is 2.64. The zero-order chi connectivity index (χ0) is 13.1. The van der Waals surface area contributed by atoms with E-state index in [1.54, 1.807) is 11.3 Å². The molecule has 96 valence electrons. The van der Waals surface area contributed by atoms with E-state index in [4.69, 9.17) is 0 Å². The van der Waals surface area contributed by atoms with Crippen LogP contribution in [0.4, 0.5) is 0 Å². The van der Waals surface area contributed by atoms with Crippen molar-refractivity contribution in [2.24, 2.45) is 0 Å². The summed E-state index contributed by atoms with van der Waals surface area (Å²) in [6.45, 7) is 2.93. The van der Waals surface area contributed by atoms with Gasteiger partial charge in [0.2, 0.25) is 0 Å². The Balaban J connectivity index is 1.79. The van der Waals surface area contributed by atoms with E-state index in [0.29, 0.717) is 0 Å². The highest BCUT2D eigenvalue weighted by Crippen LogP contribution is 2.17. The Kier molecular flexibility index (Phi) is 3.53. The number of hydrogen-bond acceptors (Lipinski definition) is 4. The summed E-state index contributed by atoms with van der Waals surface area (Å²) >= 11 is 1.63. The van der Waals surface area contributed by atoms with Crippen molar-refractivity contribution in [3.8, 4) is 0 Å². The summed E-state index contributed by atoms with van der Waals surface area (Å²) in [7, 11) is 0. The molecule has 1 aromatic carbocycles. The van der Waals surface area contributed by atoms with E-state index < -0.39 is 0 Å². The summed E-state index contributed by atoms with van der Waals surface area (Å²) in [6.07, 6.45) is 1.84. The standard InChI is InChI=1S/C15H15N3S/c1-11(14-9-19-10-18-14)17-8-13-5-2-4-12-6-3-7-16-15(12)13/h2-7,9-11,17H,8H2,1H3. The van der Waals surface area contributed by atoms with Crippen LogP contribution in [0.25, 0.3) is 10.9 Å². The molecule has 2 heterocycles. The molecule has 3 rings (SSSR count). The monoisotopic (exact) mass is 269 g/mol. The van der Waals surface area contributed by atoms with E-state index in [0.717, 1.165) is 17.8 Å². The maximum absolute atomic E-state index is 4.47. The molecule has 0 fully saturated rings. The highest BCUT2D eigenvalue weighted by molar-refractivity contribution is 7.07. The summed E-state index contributed by atoms with van der Waals surface area (Å²) in [6, 6.07) is 10.6. The van der Waals surface area contributed by atoms with Crippen molar-refractivity contribution in [2.45, 2.75) is 19.5 Å². The highest BCUT2D eigenvalue weighted by Gasteiger charge is 2.08. The third-order valence-electron chi connectivity index (χ3n) is 3.21. The average Bonchev–Trinajstić information content (AvgIpc) is 2.99. The summed E-state index contributed by atoms with van der Waals surface area (Å²) in [5, 5.41) is 6.76. The molecule has 4 heteroatoms. The van der Waals surface area contributed by atoms with Crippen LogP contribution in [0.5, 0.6) is 0 Å². The number of nitrogens with one attached hydrogen (secondary N) is 1. The zero-order valence-electron chi connectivity index (χ0n) is 10.7. The number of thiazole rings is 1. The first-order chi connectivity index (χ1) is 9.34. The smallest absolute Gasteiger partial charge is 0.0795 e. The SMILES string of the molecule is CC(NCc1cccc2cccnc12)c1cscn1. The van der Waals surface area contributed by atoms with Crippen molar-refractivity contribution in [1.82, 2.24) is 15.3 Å². The van der Waals surface area contributed by atoms with Crippen molar-refractivity contribution < 1.29 is 0 Å². The fourth-order valence-corrected chi connectivity index (χ4v) is 2.76. The molecule has 0 saturated heterocycles. The molecule has 1 atom stereocenters. The lowest BCUT2D eigenvalue weighted by atomic mass is 10.1. The van der Waals surface area contributed by atoms with Crippen molar-refractivity contribution in [2.75, 3.05) is 0 Å². The largest absolute Gasteiger partial charge is 0.305 e. The van der Waals surface area contributed by atoms with Gasteiger partial charge in [-0.2, -0.15) is 0 Å². The molecule has 0 aliphatic carbocycles. The van der Waals surface area contributed by atoms with Crippen LogP contribution < -0.4 is 5.32 Å². The molecule has 19 heavy (non-hydrogen) atoms. The van der Waals surface area contributed by atoms with Gasteiger partial charge in [-0.1, -0.05) is 24.3 Å². The van der Waals surface area contributed by atoms with Crippen LogP contribution in [0.3, 0.4) is 0 Å². The second-order valence-corrected chi connectivity index (χ2v) is 5.23. The quantitative estimate of drug-likeness (QED) is 0.787. The molecule has 1 N–H and O–H groups in total. The van der Waals surface area contributed by atoms with Gasteiger partial charge < -0.3 is 5.32 Å². The van der Waals surface area contributed by atoms with Crippen LogP contribution in [0, 0.1) is 0 Å². The van der Waals surface area contributed by atoms with E-state index in [9.17, 15) is 0 Å². The average molecular weight is 269 g/mol. The number of fused-ring (bicyclic) bond motifs is 1. The van der Waals surface area contributed by atoms with E-state index in [2.05, 4.69) is 51.9 Å². The molecule has 0 bridgehead atoms. The number of rotatable bonds is 4. The maximum atomic E-state index is 4.47. The fraction of sp³-hybridized carbons (Fsp3) is 0.200. The van der Waals surface area contributed by atoms with Gasteiger partial charge in [-0.3, -0.25) is 4.98 Å². The number of hydrogen-bond donors (Lipinski definition) is 1. The molecule has 0 amide bonds. The van der Waals surface area contributed by atoms with Crippen molar-refractivity contribution >= 4 is 22.2 Å². The second-order valence-electron chi connectivity index (χ2n) is 4.51. The molecule has 3 aromatic rings. The van der Waals surface area contributed by atoms with E-state index in [-0.39, 0.29) is 6.04 Å². The molecule has 0 spiro atoms. The number of pyridine rings is 1. The molecule has 1 unspecified atom stereocenters. The minimum Gasteiger partial charge on any atom is -0.305 e. The van der Waals surface area contributed by atoms with Crippen LogP contribution in [0.2, 0.25) is 0 Å². The van der Waals surface area contributed by atoms with Gasteiger partial charge in [-0.25, -0.2) is 4.98 Å². The minimum atomic E-state index is 0.255. The molecular formula is C15H15N3S. The van der Waals surface area contributed by atoms with Gasteiger partial charge in [0.05, 0.1) is 16.7 Å². The summed E-state index contributed by atoms with van der Waals surface area (Å²) in [5.41, 5.74) is 5.26. The lowest BCUT2D eigenvalue weighted by molar-refractivity contribution is 0.565. The predicted molar refractivity (Wildman–Crippen MR) is 79.1 cm³/mol. The topological polar surface area (TPSA) is 37.8 Å². The predicted octanol–water partition coefficient (Wildman–Crippen LogP) is 3.54. The van der Waals surface area contributed by atoms with Gasteiger partial charge in [0.25, 0.3) is 0 Å². The third-order valence-corrected chi connectivity index (χ3v) is 3.81. The maximum Gasteiger partial charge on any atom is 0.0795 e. The molecule has 0 radical (unpaired) electrons. The Hall–Kier alpha value is -1.78. The van der Waals surface area contributed by atoms with E-state index in [1.165, 1.54) is 10.9 Å². The Bertz CT molecular complexity index is 659. The number of aromatic nitrogens is 2. The molecule has 3 nitrogen and oxygen atoms in total. The van der Waals surface area contributed by atoms with Crippen LogP contribution in [-0.2, 0) is 6.54 Å². The van der Waals surface area contributed by atoms with Crippen LogP contribution in [0.15, 0.2) is 47.4 Å². The van der Waals surface area contributed by atoms with Crippen LogP contribution in [-0.4, -0.2) is 9.97 Å². The van der Waals surface area contributed by atoms with Crippen LogP contribution >= 0.6 is 11.3 Å². The molecule has 0 saturated carbocycles. The number of nitrogens with zero attached hydrogens (tertiary/aromatic N) is 2. The van der Waals surface area contributed by atoms with Crippen molar-refractivity contribution in [3.05, 3.63) is 58.7 Å². The van der Waals surface area contributed by atoms with E-state index in [1.807, 2.05) is 17.8 Å². The van der Waals surface area contributed by atoms with Crippen molar-refractivity contribution in [3.63, 3.8) is 0 Å². The number of benzene rings is 1. The van der Waals surface area contributed by atoms with Gasteiger partial charge >= 0.3 is 0 Å². The van der Waals surface area contributed by atoms with Crippen LogP contribution in [0.1, 0.15) is 24.2 Å². The van der Waals surface area contributed by atoms with Gasteiger partial charge in [-0.05, 0) is 18.6 Å². The normalized spacial score (nSPS) is 12.7. The lowest BCUT2D eigenvalue weighted by Gasteiger charge is -2.12. The van der Waals surface area contributed by atoms with Gasteiger partial charge in [-0.15, -0.1) is 11.3 Å². The van der Waals surface area contributed by atoms with Gasteiger partial charge in [0.1, 0.15) is 0 Å². The zero-order valence-corrected chi connectivity index (χ0v) is 11.5. The summed E-state index contributed by atoms with van der Waals surface area (Å²) in [4.78, 5) is 8.80. The summed E-state index contributed by atoms with van der Waals surface area (Å²) < 4.78 is 0. The highest BCUT2D eigenvalue weighted by atomic mass is 32.1. The van der Waals surface area contributed by atoms with Gasteiger partial charge in [0, 0.05) is 29.5 Å². The first kappa shape index (κ1) is 12.3. The summed E-state index contributed by atoms with van der Waals surface area (Å²) in [5.74, 6) is 0. The first-order valence-corrected chi connectivity index (χ1v) is 7.23. The Morgan fingerprint density at radius 1 is 1.21 bits per heavy atom. The molecule has 0 aliphatic rings. The molecular weight excluding hydrogens is 254 g/mol. The molecule has 2 aromatic heterocycles. The lowest BCUT2D eigenvalue weighted by Crippen LogP contribution is -2.18. The minimum absolute atomic E-state index is 0.255. The first-order valence-electron chi connectivity index (χ1n) is 6.28. The Labute approximate surface area is 116 Å².